The van der Waals surface area contributed by atoms with Crippen LogP contribution in [0.25, 0.3) is 10.4 Å². The molecule has 0 radical (unpaired) electrons. The topological polar surface area (TPSA) is 104 Å². The highest BCUT2D eigenvalue weighted by Crippen LogP contribution is 1.91. The molecule has 0 heterocycles. The summed E-state index contributed by atoms with van der Waals surface area (Å²) in [6.07, 6.45) is 0.788. The van der Waals surface area contributed by atoms with Crippen molar-refractivity contribution >= 4 is 11.9 Å². The first-order valence-electron chi connectivity index (χ1n) is 4.64. The van der Waals surface area contributed by atoms with Gasteiger partial charge in [0.15, 0.2) is 0 Å². The van der Waals surface area contributed by atoms with Crippen molar-refractivity contribution in [1.82, 2.24) is 5.32 Å². The Morgan fingerprint density at radius 3 is 2.87 bits per heavy atom. The number of nitrogens with one attached hydrogen (secondary N) is 1. The van der Waals surface area contributed by atoms with Crippen molar-refractivity contribution in [3.05, 3.63) is 10.4 Å². The summed E-state index contributed by atoms with van der Waals surface area (Å²) >= 11 is 0. The Kier molecular flexibility index (Phi) is 7.80. The minimum atomic E-state index is -0.350. The quantitative estimate of drug-likeness (QED) is 0.222. The summed E-state index contributed by atoms with van der Waals surface area (Å²) in [7, 11) is 0. The van der Waals surface area contributed by atoms with Crippen molar-refractivity contribution in [3.63, 3.8) is 0 Å². The second-order valence-corrected chi connectivity index (χ2v) is 2.65. The van der Waals surface area contributed by atoms with Crippen LogP contribution < -0.4 is 5.32 Å². The third kappa shape index (κ3) is 8.58. The lowest BCUT2D eigenvalue weighted by Gasteiger charge is -2.03. The third-order valence-electron chi connectivity index (χ3n) is 1.46. The van der Waals surface area contributed by atoms with Crippen molar-refractivity contribution in [3.8, 4) is 0 Å². The Balaban J connectivity index is 3.41. The van der Waals surface area contributed by atoms with Crippen LogP contribution in [-0.2, 0) is 14.3 Å². The lowest BCUT2D eigenvalue weighted by Crippen LogP contribution is -2.26. The summed E-state index contributed by atoms with van der Waals surface area (Å²) in [6.45, 7) is 2.26. The number of ether oxygens (including phenoxy) is 1. The molecule has 0 saturated heterocycles. The van der Waals surface area contributed by atoms with Gasteiger partial charge in [0, 0.05) is 17.9 Å². The van der Waals surface area contributed by atoms with E-state index in [2.05, 4.69) is 15.3 Å². The Morgan fingerprint density at radius 1 is 1.53 bits per heavy atom. The van der Waals surface area contributed by atoms with Crippen LogP contribution in [0.15, 0.2) is 5.11 Å². The average molecular weight is 214 g/mol. The molecule has 0 aliphatic heterocycles. The average Bonchev–Trinajstić information content (AvgIpc) is 2.22. The molecule has 84 valence electrons. The van der Waals surface area contributed by atoms with Crippen molar-refractivity contribution in [2.75, 3.05) is 19.7 Å². The molecule has 7 nitrogen and oxygen atoms in total. The standard InChI is InChI=1S/C8H14N4O3/c1-2-15-8(14)4-3-5-10-7(13)6-11-12-9/h2-6H2,1H3,(H,10,13). The van der Waals surface area contributed by atoms with Crippen LogP contribution in [0.4, 0.5) is 0 Å². The van der Waals surface area contributed by atoms with E-state index in [4.69, 9.17) is 10.3 Å². The number of carbonyl (C=O) groups is 2. The molecule has 0 unspecified atom stereocenters. The van der Waals surface area contributed by atoms with E-state index < -0.39 is 0 Å². The van der Waals surface area contributed by atoms with Gasteiger partial charge in [0.2, 0.25) is 5.91 Å². The van der Waals surface area contributed by atoms with E-state index in [1.807, 2.05) is 0 Å². The first kappa shape index (κ1) is 13.2. The van der Waals surface area contributed by atoms with Crippen molar-refractivity contribution in [1.29, 1.82) is 0 Å². The monoisotopic (exact) mass is 214 g/mol. The Morgan fingerprint density at radius 2 is 2.27 bits per heavy atom. The fraction of sp³-hybridized carbons (Fsp3) is 0.750. The van der Waals surface area contributed by atoms with E-state index in [0.717, 1.165) is 0 Å². The molecule has 1 amide bonds. The highest BCUT2D eigenvalue weighted by atomic mass is 16.5. The second kappa shape index (κ2) is 8.83. The highest BCUT2D eigenvalue weighted by molar-refractivity contribution is 5.78. The van der Waals surface area contributed by atoms with Crippen LogP contribution in [-0.4, -0.2) is 31.6 Å². The van der Waals surface area contributed by atoms with Gasteiger partial charge in [0.25, 0.3) is 0 Å². The molecule has 0 bridgehead atoms. The van der Waals surface area contributed by atoms with E-state index >= 15 is 0 Å². The van der Waals surface area contributed by atoms with E-state index in [9.17, 15) is 9.59 Å². The smallest absolute Gasteiger partial charge is 0.305 e. The van der Waals surface area contributed by atoms with E-state index in [0.29, 0.717) is 19.6 Å². The molecule has 0 aliphatic rings. The molecule has 0 spiro atoms. The van der Waals surface area contributed by atoms with Gasteiger partial charge in [0.05, 0.1) is 6.61 Å². The Hall–Kier alpha value is -1.75. The molecule has 0 aliphatic carbocycles. The van der Waals surface area contributed by atoms with Crippen LogP contribution >= 0.6 is 0 Å². The normalized spacial score (nSPS) is 8.87. The molecule has 7 heteroatoms. The second-order valence-electron chi connectivity index (χ2n) is 2.65. The van der Waals surface area contributed by atoms with Crippen LogP contribution in [0.3, 0.4) is 0 Å². The summed E-state index contributed by atoms with van der Waals surface area (Å²) in [6, 6.07) is 0. The molecule has 0 rings (SSSR count). The molecule has 0 fully saturated rings. The largest absolute Gasteiger partial charge is 0.466 e. The van der Waals surface area contributed by atoms with E-state index in [1.165, 1.54) is 0 Å². The van der Waals surface area contributed by atoms with Gasteiger partial charge in [-0.1, -0.05) is 5.11 Å². The maximum absolute atomic E-state index is 10.9. The van der Waals surface area contributed by atoms with Gasteiger partial charge in [-0.25, -0.2) is 0 Å². The van der Waals surface area contributed by atoms with Crippen LogP contribution in [0.1, 0.15) is 19.8 Å². The summed E-state index contributed by atoms with van der Waals surface area (Å²) in [5.74, 6) is -0.626. The Labute approximate surface area is 87.4 Å². The summed E-state index contributed by atoms with van der Waals surface area (Å²) < 4.78 is 4.70. The van der Waals surface area contributed by atoms with Gasteiger partial charge in [-0.15, -0.1) is 0 Å². The molecule has 1 N–H and O–H groups in total. The van der Waals surface area contributed by atoms with Crippen molar-refractivity contribution < 1.29 is 14.3 Å². The molecule has 0 aromatic heterocycles. The number of rotatable bonds is 7. The summed E-state index contributed by atoms with van der Waals surface area (Å²) in [5.41, 5.74) is 7.94. The molecule has 0 saturated carbocycles. The minimum absolute atomic E-state index is 0.212. The summed E-state index contributed by atoms with van der Waals surface area (Å²) in [4.78, 5) is 24.2. The minimum Gasteiger partial charge on any atom is -0.466 e. The predicted molar refractivity (Wildman–Crippen MR) is 52.9 cm³/mol. The first-order chi connectivity index (χ1) is 7.20. The number of nitrogens with zero attached hydrogens (tertiary/aromatic N) is 3. The fourth-order valence-corrected chi connectivity index (χ4v) is 0.845. The van der Waals surface area contributed by atoms with Gasteiger partial charge in [-0.2, -0.15) is 0 Å². The number of esters is 1. The molecule has 0 atom stereocenters. The van der Waals surface area contributed by atoms with Gasteiger partial charge in [0.1, 0.15) is 6.54 Å². The van der Waals surface area contributed by atoms with Gasteiger partial charge in [-0.05, 0) is 18.9 Å². The Bertz CT molecular complexity index is 261. The zero-order chi connectivity index (χ0) is 11.5. The number of hydrogen-bond acceptors (Lipinski definition) is 4. The summed E-state index contributed by atoms with van der Waals surface area (Å²) in [5, 5.41) is 5.60. The molecular weight excluding hydrogens is 200 g/mol. The number of amides is 1. The lowest BCUT2D eigenvalue weighted by atomic mass is 10.3. The zero-order valence-corrected chi connectivity index (χ0v) is 8.60. The maximum Gasteiger partial charge on any atom is 0.305 e. The van der Waals surface area contributed by atoms with Crippen LogP contribution in [0.5, 0.6) is 0 Å². The maximum atomic E-state index is 10.9. The van der Waals surface area contributed by atoms with Crippen LogP contribution in [0.2, 0.25) is 0 Å². The van der Waals surface area contributed by atoms with E-state index in [1.54, 1.807) is 6.92 Å². The molecule has 0 aromatic carbocycles. The molecule has 0 aromatic rings. The molecular formula is C8H14N4O3. The predicted octanol–water partition coefficient (Wildman–Crippen LogP) is 0.756. The lowest BCUT2D eigenvalue weighted by molar-refractivity contribution is -0.143. The van der Waals surface area contributed by atoms with Gasteiger partial charge in [-0.3, -0.25) is 9.59 Å². The number of azide groups is 1. The van der Waals surface area contributed by atoms with Gasteiger partial charge < -0.3 is 10.1 Å². The SMILES string of the molecule is CCOC(=O)CCCNC(=O)CN=[N+]=[N-]. The highest BCUT2D eigenvalue weighted by Gasteiger charge is 2.02. The first-order valence-corrected chi connectivity index (χ1v) is 4.64. The van der Waals surface area contributed by atoms with Crippen molar-refractivity contribution in [2.45, 2.75) is 19.8 Å². The fourth-order valence-electron chi connectivity index (χ4n) is 0.845. The van der Waals surface area contributed by atoms with Crippen molar-refractivity contribution in [2.24, 2.45) is 5.11 Å². The molecule has 15 heavy (non-hydrogen) atoms. The number of hydrogen-bond donors (Lipinski definition) is 1. The zero-order valence-electron chi connectivity index (χ0n) is 8.60. The third-order valence-corrected chi connectivity index (χ3v) is 1.46. The van der Waals surface area contributed by atoms with E-state index in [-0.39, 0.29) is 24.8 Å². The number of carbonyl (C=O) groups excluding carboxylic acids is 2. The van der Waals surface area contributed by atoms with Gasteiger partial charge >= 0.3 is 5.97 Å². The van der Waals surface area contributed by atoms with Crippen LogP contribution in [0, 0.1) is 0 Å².